The van der Waals surface area contributed by atoms with E-state index in [4.69, 9.17) is 16.4 Å². The van der Waals surface area contributed by atoms with Gasteiger partial charge in [-0.2, -0.15) is 0 Å². The van der Waals surface area contributed by atoms with Crippen molar-refractivity contribution < 1.29 is 14.4 Å². The molecule has 3 aromatic carbocycles. The number of amides is 2. The zero-order valence-electron chi connectivity index (χ0n) is 17.4. The highest BCUT2D eigenvalue weighted by Crippen LogP contribution is 2.47. The van der Waals surface area contributed by atoms with Crippen LogP contribution in [0.5, 0.6) is 0 Å². The van der Waals surface area contributed by atoms with Gasteiger partial charge in [0.2, 0.25) is 5.91 Å². The maximum Gasteiger partial charge on any atom is 0.262 e. The number of carbonyl (C=O) groups excluding carboxylic acids is 2. The normalized spacial score (nSPS) is 22.5. The Bertz CT molecular complexity index is 1140. The highest BCUT2D eigenvalue weighted by molar-refractivity contribution is 7.98. The van der Waals surface area contributed by atoms with Gasteiger partial charge >= 0.3 is 0 Å². The predicted octanol–water partition coefficient (Wildman–Crippen LogP) is 5.11. The van der Waals surface area contributed by atoms with E-state index < -0.39 is 18.1 Å². The van der Waals surface area contributed by atoms with E-state index in [0.29, 0.717) is 5.02 Å². The van der Waals surface area contributed by atoms with Gasteiger partial charge in [0.15, 0.2) is 6.10 Å². The van der Waals surface area contributed by atoms with Gasteiger partial charge in [-0.3, -0.25) is 19.3 Å². The van der Waals surface area contributed by atoms with E-state index in [-0.39, 0.29) is 18.4 Å². The largest absolute Gasteiger partial charge is 0.275 e. The summed E-state index contributed by atoms with van der Waals surface area (Å²) >= 11 is 7.72. The number of thioether (sulfide) groups is 1. The fourth-order valence-electron chi connectivity index (χ4n) is 4.35. The lowest BCUT2D eigenvalue weighted by Gasteiger charge is -2.29. The first-order valence-corrected chi connectivity index (χ1v) is 11.9. The van der Waals surface area contributed by atoms with E-state index in [1.165, 1.54) is 4.90 Å². The van der Waals surface area contributed by atoms with Gasteiger partial charge in [-0.15, -0.1) is 11.8 Å². The summed E-state index contributed by atoms with van der Waals surface area (Å²) in [5.41, 5.74) is 2.58. The van der Waals surface area contributed by atoms with E-state index in [1.54, 1.807) is 29.0 Å². The molecule has 2 heterocycles. The molecule has 2 saturated heterocycles. The van der Waals surface area contributed by atoms with E-state index >= 15 is 0 Å². The number of carbonyl (C=O) groups is 2. The fraction of sp³-hybridized carbons (Fsp3) is 0.200. The molecule has 0 saturated carbocycles. The number of hydroxylamine groups is 1. The van der Waals surface area contributed by atoms with Crippen molar-refractivity contribution in [3.05, 3.63) is 95.0 Å². The highest BCUT2D eigenvalue weighted by atomic mass is 35.5. The van der Waals surface area contributed by atoms with Crippen LogP contribution in [0.15, 0.2) is 83.8 Å². The summed E-state index contributed by atoms with van der Waals surface area (Å²) in [6, 6.07) is 24.4. The summed E-state index contributed by atoms with van der Waals surface area (Å²) in [6.45, 7) is 0.244. The Kier molecular flexibility index (Phi) is 5.67. The van der Waals surface area contributed by atoms with Crippen molar-refractivity contribution in [1.29, 1.82) is 0 Å². The number of nitrogens with zero attached hydrogens (tertiary/aromatic N) is 2. The van der Waals surface area contributed by atoms with Crippen LogP contribution in [0.1, 0.15) is 17.2 Å². The van der Waals surface area contributed by atoms with Crippen molar-refractivity contribution >= 4 is 40.9 Å². The molecule has 3 aromatic rings. The average molecular weight is 465 g/mol. The maximum absolute atomic E-state index is 13.5. The molecule has 32 heavy (non-hydrogen) atoms. The van der Waals surface area contributed by atoms with Crippen molar-refractivity contribution in [2.75, 3.05) is 11.3 Å². The SMILES string of the molecule is CSc1ccc(C2C3C(=O)N(Cc4ccccc4)C(=O)C3ON2c2ccc(Cl)cc2)cc1. The number of benzene rings is 3. The van der Waals surface area contributed by atoms with E-state index in [9.17, 15) is 9.59 Å². The first-order chi connectivity index (χ1) is 15.6. The Balaban J connectivity index is 1.52. The third-order valence-electron chi connectivity index (χ3n) is 5.93. The number of halogens is 1. The Morgan fingerprint density at radius 1 is 0.906 bits per heavy atom. The Hall–Kier alpha value is -2.80. The molecule has 2 amide bonds. The molecule has 162 valence electrons. The van der Waals surface area contributed by atoms with Crippen LogP contribution in [0.25, 0.3) is 0 Å². The van der Waals surface area contributed by atoms with Crippen LogP contribution in [0, 0.1) is 5.92 Å². The molecule has 0 N–H and O–H groups in total. The predicted molar refractivity (Wildman–Crippen MR) is 125 cm³/mol. The molecule has 7 heteroatoms. The van der Waals surface area contributed by atoms with Crippen LogP contribution < -0.4 is 5.06 Å². The minimum absolute atomic E-state index is 0.209. The van der Waals surface area contributed by atoms with Gasteiger partial charge in [-0.05, 0) is 53.8 Å². The smallest absolute Gasteiger partial charge is 0.262 e. The van der Waals surface area contributed by atoms with E-state index in [1.807, 2.05) is 73.0 Å². The number of hydrogen-bond acceptors (Lipinski definition) is 5. The van der Waals surface area contributed by atoms with Crippen molar-refractivity contribution in [2.45, 2.75) is 23.6 Å². The first-order valence-electron chi connectivity index (χ1n) is 10.3. The van der Waals surface area contributed by atoms with Gasteiger partial charge in [0, 0.05) is 9.92 Å². The summed E-state index contributed by atoms with van der Waals surface area (Å²) in [5.74, 6) is -1.13. The minimum atomic E-state index is -0.855. The number of fused-ring (bicyclic) bond motifs is 1. The molecule has 2 aliphatic heterocycles. The Labute approximate surface area is 195 Å². The standard InChI is InChI=1S/C25H21ClN2O3S/c1-32-20-13-7-17(8-14-20)22-21-23(31-28(22)19-11-9-18(26)10-12-19)25(30)27(24(21)29)15-16-5-3-2-4-6-16/h2-14,21-23H,15H2,1H3. The van der Waals surface area contributed by atoms with Gasteiger partial charge in [0.25, 0.3) is 5.91 Å². The van der Waals surface area contributed by atoms with Crippen molar-refractivity contribution in [1.82, 2.24) is 4.90 Å². The monoisotopic (exact) mass is 464 g/mol. The lowest BCUT2D eigenvalue weighted by Crippen LogP contribution is -2.36. The second kappa shape index (κ2) is 8.62. The van der Waals surface area contributed by atoms with Crippen LogP contribution in [0.3, 0.4) is 0 Å². The topological polar surface area (TPSA) is 49.9 Å². The first kappa shape index (κ1) is 21.1. The Morgan fingerprint density at radius 3 is 2.25 bits per heavy atom. The third kappa shape index (κ3) is 3.68. The molecule has 0 aromatic heterocycles. The van der Waals surface area contributed by atoms with Crippen molar-refractivity contribution in [3.63, 3.8) is 0 Å². The summed E-state index contributed by atoms with van der Waals surface area (Å²) in [7, 11) is 0. The molecule has 0 aliphatic carbocycles. The zero-order chi connectivity index (χ0) is 22.2. The summed E-state index contributed by atoms with van der Waals surface area (Å²) < 4.78 is 0. The molecule has 0 radical (unpaired) electrons. The lowest BCUT2D eigenvalue weighted by molar-refractivity contribution is -0.143. The molecule has 2 fully saturated rings. The van der Waals surface area contributed by atoms with E-state index in [0.717, 1.165) is 21.7 Å². The molecule has 3 atom stereocenters. The lowest BCUT2D eigenvalue weighted by atomic mass is 9.90. The number of hydrogen-bond donors (Lipinski definition) is 0. The average Bonchev–Trinajstić information content (AvgIpc) is 3.32. The van der Waals surface area contributed by atoms with Crippen LogP contribution >= 0.6 is 23.4 Å². The van der Waals surface area contributed by atoms with Crippen molar-refractivity contribution in [3.8, 4) is 0 Å². The highest BCUT2D eigenvalue weighted by Gasteiger charge is 2.59. The molecule has 5 rings (SSSR count). The van der Waals surface area contributed by atoms with Gasteiger partial charge in [-0.1, -0.05) is 54.1 Å². The van der Waals surface area contributed by atoms with Crippen LogP contribution in [0.2, 0.25) is 5.02 Å². The summed E-state index contributed by atoms with van der Waals surface area (Å²) in [4.78, 5) is 35.4. The number of rotatable bonds is 5. The van der Waals surface area contributed by atoms with Gasteiger partial charge in [0.1, 0.15) is 5.92 Å². The molecule has 0 bridgehead atoms. The maximum atomic E-state index is 13.5. The van der Waals surface area contributed by atoms with Crippen LogP contribution in [0.4, 0.5) is 5.69 Å². The molecule has 5 nitrogen and oxygen atoms in total. The number of likely N-dealkylation sites (tertiary alicyclic amines) is 1. The molecular weight excluding hydrogens is 444 g/mol. The fourth-order valence-corrected chi connectivity index (χ4v) is 4.88. The quantitative estimate of drug-likeness (QED) is 0.388. The second-order valence-electron chi connectivity index (χ2n) is 7.82. The zero-order valence-corrected chi connectivity index (χ0v) is 18.9. The van der Waals surface area contributed by atoms with Crippen LogP contribution in [-0.2, 0) is 21.0 Å². The summed E-state index contributed by atoms with van der Waals surface area (Å²) in [6.07, 6.45) is 1.16. The van der Waals surface area contributed by atoms with Gasteiger partial charge in [-0.25, -0.2) is 5.06 Å². The minimum Gasteiger partial charge on any atom is -0.275 e. The third-order valence-corrected chi connectivity index (χ3v) is 6.92. The van der Waals surface area contributed by atoms with Gasteiger partial charge in [0.05, 0.1) is 18.3 Å². The number of anilines is 1. The second-order valence-corrected chi connectivity index (χ2v) is 9.14. The Morgan fingerprint density at radius 2 is 1.59 bits per heavy atom. The molecule has 2 aliphatic rings. The number of imide groups is 1. The van der Waals surface area contributed by atoms with E-state index in [2.05, 4.69) is 0 Å². The van der Waals surface area contributed by atoms with Gasteiger partial charge < -0.3 is 0 Å². The van der Waals surface area contributed by atoms with Crippen molar-refractivity contribution in [2.24, 2.45) is 5.92 Å². The summed E-state index contributed by atoms with van der Waals surface area (Å²) in [5, 5.41) is 2.30. The molecule has 3 unspecified atom stereocenters. The van der Waals surface area contributed by atoms with Crippen LogP contribution in [-0.4, -0.2) is 29.1 Å². The molecular formula is C25H21ClN2O3S. The molecule has 0 spiro atoms.